The molecule has 51 heavy (non-hydrogen) atoms. The van der Waals surface area contributed by atoms with Crippen molar-refractivity contribution in [3.63, 3.8) is 0 Å². The van der Waals surface area contributed by atoms with Crippen molar-refractivity contribution in [2.24, 2.45) is 0 Å². The average Bonchev–Trinajstić information content (AvgIpc) is 3.09. The van der Waals surface area contributed by atoms with Gasteiger partial charge in [0.25, 0.3) is 0 Å². The van der Waals surface area contributed by atoms with E-state index < -0.39 is 117 Å². The first-order valence-electron chi connectivity index (χ1n) is 16.5. The number of aliphatic hydroxyl groups is 1. The van der Waals surface area contributed by atoms with Crippen LogP contribution in [0.3, 0.4) is 0 Å². The summed E-state index contributed by atoms with van der Waals surface area (Å²) in [5.74, 6) is -4.00. The van der Waals surface area contributed by atoms with Crippen molar-refractivity contribution in [2.45, 2.75) is 102 Å². The number of benzene rings is 1. The predicted octanol–water partition coefficient (Wildman–Crippen LogP) is 0.174. The number of nitrogens with one attached hydrogen (secondary N) is 2. The van der Waals surface area contributed by atoms with Crippen molar-refractivity contribution in [3.8, 4) is 0 Å². The van der Waals surface area contributed by atoms with Crippen LogP contribution >= 0.6 is 0 Å². The Morgan fingerprint density at radius 2 is 1.39 bits per heavy atom. The number of hydrogen-bond acceptors (Lipinski definition) is 16. The highest BCUT2D eigenvalue weighted by Crippen LogP contribution is 2.30. The summed E-state index contributed by atoms with van der Waals surface area (Å²) in [6, 6.07) is 6.06. The molecule has 0 aliphatic carbocycles. The van der Waals surface area contributed by atoms with Crippen molar-refractivity contribution in [1.82, 2.24) is 10.6 Å². The van der Waals surface area contributed by atoms with Crippen LogP contribution in [0.15, 0.2) is 43.0 Å². The van der Waals surface area contributed by atoms with Crippen LogP contribution < -0.4 is 10.6 Å². The van der Waals surface area contributed by atoms with E-state index in [4.69, 9.17) is 44.0 Å². The van der Waals surface area contributed by atoms with Crippen LogP contribution in [0, 0.1) is 0 Å². The molecule has 0 radical (unpaired) electrons. The minimum absolute atomic E-state index is 0.115. The van der Waals surface area contributed by atoms with Crippen LogP contribution in [0.1, 0.15) is 41.5 Å². The first-order chi connectivity index (χ1) is 24.7. The molecule has 2 heterocycles. The van der Waals surface area contributed by atoms with E-state index in [1.807, 2.05) is 0 Å². The normalized spacial score (nSPS) is 28.9. The molecule has 1 aromatic carbocycles. The Labute approximate surface area is 295 Å². The maximum atomic E-state index is 12.9. The fraction of sp³-hybridized carbons (Fsp3) is 0.576. The zero-order valence-electron chi connectivity index (χ0n) is 29.6. The van der Waals surface area contributed by atoms with Gasteiger partial charge in [0.15, 0.2) is 30.9 Å². The zero-order chi connectivity index (χ0) is 38.4. The Bertz CT molecular complexity index is 1400. The number of carbonyl (C=O) groups excluding carboxylic acids is 6. The van der Waals surface area contributed by atoms with E-state index in [1.54, 1.807) is 30.3 Å². The third-order valence-corrected chi connectivity index (χ3v) is 7.31. The number of esters is 4. The summed E-state index contributed by atoms with van der Waals surface area (Å²) in [7, 11) is 0. The summed E-state index contributed by atoms with van der Waals surface area (Å²) in [4.78, 5) is 73.4. The SMILES string of the molecule is [2H]CC(=O)O[C@H]1[C@H](O)[C@@H](CO[C@@H]2O[C@H](COC(C)=O)[C@@H](OC(C)=O)[C@H](OC(C)=O)[C@H]2NC(C)=O)OC(OCC=C)[C@@H]1NC(=O)OCc1ccccc1. The Morgan fingerprint density at radius 3 is 2.00 bits per heavy atom. The standard InChI is InChI=1S/C33H44N2O16/c1-7-13-43-31-25(35-33(42)46-14-22-11-9-8-10-12-22)29(48-20(5)39)27(41)23(50-31)15-45-32-26(34-17(2)36)30(49-21(6)40)28(47-19(4)38)24(51-32)16-44-18(3)37/h7-12,23-32,41H,1,13-16H2,2-6H3,(H,34,36)(H,35,42)/t23-,24-,25-,26-,27-,28-,29-,30-,31?,32-/m1/s1/i5D. The Morgan fingerprint density at radius 1 is 0.784 bits per heavy atom. The number of rotatable bonds is 15. The van der Waals surface area contributed by atoms with Crippen LogP contribution in [-0.2, 0) is 73.2 Å². The molecule has 2 amide bonds. The molecule has 2 aliphatic heterocycles. The van der Waals surface area contributed by atoms with Gasteiger partial charge in [0.1, 0.15) is 43.6 Å². The minimum atomic E-state index is -1.74. The Kier molecular flexibility index (Phi) is 15.1. The third kappa shape index (κ3) is 12.6. The maximum Gasteiger partial charge on any atom is 0.407 e. The Balaban J connectivity index is 1.90. The van der Waals surface area contributed by atoms with Crippen molar-refractivity contribution < 1.29 is 77.9 Å². The van der Waals surface area contributed by atoms with Gasteiger partial charge in [-0.1, -0.05) is 36.4 Å². The molecule has 1 aromatic rings. The van der Waals surface area contributed by atoms with Gasteiger partial charge in [-0.15, -0.1) is 6.58 Å². The van der Waals surface area contributed by atoms with Gasteiger partial charge in [-0.05, 0) is 5.56 Å². The van der Waals surface area contributed by atoms with E-state index in [1.165, 1.54) is 6.08 Å². The van der Waals surface area contributed by atoms with Gasteiger partial charge in [0.05, 0.1) is 13.2 Å². The van der Waals surface area contributed by atoms with E-state index in [2.05, 4.69) is 17.2 Å². The van der Waals surface area contributed by atoms with Crippen LogP contribution in [0.2, 0.25) is 0 Å². The quantitative estimate of drug-likeness (QED) is 0.124. The molecular formula is C33H44N2O16. The van der Waals surface area contributed by atoms with Gasteiger partial charge in [-0.25, -0.2) is 4.79 Å². The second kappa shape index (κ2) is 19.7. The highest BCUT2D eigenvalue weighted by atomic mass is 16.7. The number of alkyl carbamates (subject to hydrolysis) is 1. The topological polar surface area (TPSA) is 230 Å². The second-order valence-electron chi connectivity index (χ2n) is 11.4. The smallest absolute Gasteiger partial charge is 0.407 e. The van der Waals surface area contributed by atoms with Gasteiger partial charge in [0, 0.05) is 36.0 Å². The molecule has 2 saturated heterocycles. The lowest BCUT2D eigenvalue weighted by molar-refractivity contribution is -0.305. The molecule has 0 aromatic heterocycles. The van der Waals surface area contributed by atoms with Crippen LogP contribution in [0.4, 0.5) is 4.79 Å². The third-order valence-electron chi connectivity index (χ3n) is 7.31. The molecule has 18 heteroatoms. The van der Waals surface area contributed by atoms with E-state index in [0.29, 0.717) is 5.56 Å². The predicted molar refractivity (Wildman–Crippen MR) is 170 cm³/mol. The summed E-state index contributed by atoms with van der Waals surface area (Å²) >= 11 is 0. The van der Waals surface area contributed by atoms with Crippen LogP contribution in [-0.4, -0.2) is 122 Å². The van der Waals surface area contributed by atoms with Crippen molar-refractivity contribution >= 4 is 35.9 Å². The number of ether oxygens (including phenoxy) is 9. The van der Waals surface area contributed by atoms with Gasteiger partial charge in [0.2, 0.25) is 5.91 Å². The van der Waals surface area contributed by atoms with Gasteiger partial charge < -0.3 is 58.4 Å². The molecule has 18 nitrogen and oxygen atoms in total. The lowest BCUT2D eigenvalue weighted by Crippen LogP contribution is -2.68. The molecule has 1 unspecified atom stereocenters. The first kappa shape index (κ1) is 39.2. The number of carbonyl (C=O) groups is 6. The van der Waals surface area contributed by atoms with Crippen LogP contribution in [0.5, 0.6) is 0 Å². The molecule has 2 aliphatic rings. The fourth-order valence-corrected chi connectivity index (χ4v) is 5.33. The highest BCUT2D eigenvalue weighted by molar-refractivity contribution is 5.74. The molecule has 3 rings (SSSR count). The molecule has 0 saturated carbocycles. The van der Waals surface area contributed by atoms with Crippen molar-refractivity contribution in [3.05, 3.63) is 48.6 Å². The van der Waals surface area contributed by atoms with Crippen molar-refractivity contribution in [1.29, 1.82) is 0 Å². The maximum absolute atomic E-state index is 12.9. The largest absolute Gasteiger partial charge is 0.463 e. The van der Waals surface area contributed by atoms with E-state index >= 15 is 0 Å². The van der Waals surface area contributed by atoms with E-state index in [0.717, 1.165) is 27.7 Å². The number of hydrogen-bond donors (Lipinski definition) is 3. The molecule has 10 atom stereocenters. The summed E-state index contributed by atoms with van der Waals surface area (Å²) in [5.41, 5.74) is 0.680. The highest BCUT2D eigenvalue weighted by Gasteiger charge is 2.53. The second-order valence-corrected chi connectivity index (χ2v) is 11.4. The molecule has 3 N–H and O–H groups in total. The fourth-order valence-electron chi connectivity index (χ4n) is 5.33. The average molecular weight is 726 g/mol. The molecule has 282 valence electrons. The summed E-state index contributed by atoms with van der Waals surface area (Å²) in [6.07, 6.45) is -11.3. The zero-order valence-corrected chi connectivity index (χ0v) is 28.6. The van der Waals surface area contributed by atoms with Gasteiger partial charge >= 0.3 is 30.0 Å². The van der Waals surface area contributed by atoms with Crippen LogP contribution in [0.25, 0.3) is 0 Å². The lowest BCUT2D eigenvalue weighted by atomic mass is 9.95. The first-order valence-corrected chi connectivity index (χ1v) is 15.8. The lowest BCUT2D eigenvalue weighted by Gasteiger charge is -2.46. The summed E-state index contributed by atoms with van der Waals surface area (Å²) < 4.78 is 57.7. The van der Waals surface area contributed by atoms with Gasteiger partial charge in [-0.2, -0.15) is 0 Å². The number of aliphatic hydroxyl groups excluding tert-OH is 1. The molecular weight excluding hydrogens is 680 g/mol. The monoisotopic (exact) mass is 725 g/mol. The minimum Gasteiger partial charge on any atom is -0.463 e. The molecule has 0 bridgehead atoms. The number of amides is 2. The molecule has 0 spiro atoms. The van der Waals surface area contributed by atoms with Crippen molar-refractivity contribution in [2.75, 3.05) is 19.8 Å². The van der Waals surface area contributed by atoms with E-state index in [9.17, 15) is 33.9 Å². The summed E-state index contributed by atoms with van der Waals surface area (Å²) in [6.45, 7) is 5.92. The van der Waals surface area contributed by atoms with Gasteiger partial charge in [-0.3, -0.25) is 24.0 Å². The van der Waals surface area contributed by atoms with E-state index in [-0.39, 0.29) is 13.2 Å². The Hall–Kier alpha value is -4.62. The summed E-state index contributed by atoms with van der Waals surface area (Å²) in [5, 5.41) is 16.5. The molecule has 2 fully saturated rings.